The highest BCUT2D eigenvalue weighted by Gasteiger charge is 2.19. The van der Waals surface area contributed by atoms with Crippen molar-refractivity contribution in [1.29, 1.82) is 0 Å². The van der Waals surface area contributed by atoms with Gasteiger partial charge in [0.25, 0.3) is 0 Å². The Labute approximate surface area is 115 Å². The Balaban J connectivity index is 1.73. The lowest BCUT2D eigenvalue weighted by molar-refractivity contribution is 0.131. The van der Waals surface area contributed by atoms with E-state index < -0.39 is 0 Å². The molecule has 1 aliphatic rings. The maximum absolute atomic E-state index is 5.49. The van der Waals surface area contributed by atoms with Crippen molar-refractivity contribution in [2.45, 2.75) is 70.8 Å². The van der Waals surface area contributed by atoms with E-state index in [0.717, 1.165) is 44.7 Å². The van der Waals surface area contributed by atoms with Crippen LogP contribution >= 0.6 is 0 Å². The van der Waals surface area contributed by atoms with E-state index in [9.17, 15) is 0 Å². The standard InChI is InChI=1S/C14H26N4O/c1-2-11-19-12-7-6-10-14-15-16-17-18(14)13-8-4-3-5-9-13/h13H,2-12H2,1H3. The van der Waals surface area contributed by atoms with Crippen LogP contribution in [0.15, 0.2) is 0 Å². The van der Waals surface area contributed by atoms with Gasteiger partial charge in [-0.3, -0.25) is 0 Å². The highest BCUT2D eigenvalue weighted by Crippen LogP contribution is 2.27. The molecule has 0 amide bonds. The first-order valence-electron chi connectivity index (χ1n) is 7.76. The fourth-order valence-electron chi connectivity index (χ4n) is 2.72. The molecule has 5 heteroatoms. The van der Waals surface area contributed by atoms with Crippen molar-refractivity contribution in [2.24, 2.45) is 0 Å². The second kappa shape index (κ2) is 8.25. The number of hydrogen-bond acceptors (Lipinski definition) is 4. The first kappa shape index (κ1) is 14.4. The summed E-state index contributed by atoms with van der Waals surface area (Å²) in [4.78, 5) is 0. The van der Waals surface area contributed by atoms with Gasteiger partial charge in [-0.1, -0.05) is 26.2 Å². The fourth-order valence-corrected chi connectivity index (χ4v) is 2.72. The van der Waals surface area contributed by atoms with Crippen LogP contribution in [0, 0.1) is 0 Å². The molecule has 0 spiro atoms. The minimum absolute atomic E-state index is 0.537. The van der Waals surface area contributed by atoms with E-state index in [4.69, 9.17) is 4.74 Å². The molecule has 1 aromatic rings. The van der Waals surface area contributed by atoms with Gasteiger partial charge in [-0.05, 0) is 42.5 Å². The summed E-state index contributed by atoms with van der Waals surface area (Å²) in [5.74, 6) is 1.06. The summed E-state index contributed by atoms with van der Waals surface area (Å²) in [7, 11) is 0. The molecule has 0 atom stereocenters. The molecule has 1 aromatic heterocycles. The Morgan fingerprint density at radius 3 is 2.79 bits per heavy atom. The molecule has 0 radical (unpaired) electrons. The maximum Gasteiger partial charge on any atom is 0.151 e. The van der Waals surface area contributed by atoms with E-state index in [2.05, 4.69) is 27.1 Å². The number of aromatic nitrogens is 4. The number of rotatable bonds is 8. The smallest absolute Gasteiger partial charge is 0.151 e. The summed E-state index contributed by atoms with van der Waals surface area (Å²) >= 11 is 0. The van der Waals surface area contributed by atoms with Crippen LogP contribution in [0.5, 0.6) is 0 Å². The van der Waals surface area contributed by atoms with E-state index in [0.29, 0.717) is 6.04 Å². The second-order valence-electron chi connectivity index (χ2n) is 5.40. The van der Waals surface area contributed by atoms with Crippen molar-refractivity contribution in [3.63, 3.8) is 0 Å². The molecule has 0 aromatic carbocycles. The SMILES string of the molecule is CCCOCCCCc1nnnn1C1CCCCC1. The fraction of sp³-hybridized carbons (Fsp3) is 0.929. The summed E-state index contributed by atoms with van der Waals surface area (Å²) in [6.45, 7) is 3.87. The lowest BCUT2D eigenvalue weighted by Gasteiger charge is -2.22. The first-order valence-corrected chi connectivity index (χ1v) is 7.76. The summed E-state index contributed by atoms with van der Waals surface area (Å²) in [5, 5.41) is 12.2. The molecular weight excluding hydrogens is 240 g/mol. The van der Waals surface area contributed by atoms with Crippen LogP contribution in [0.25, 0.3) is 0 Å². The van der Waals surface area contributed by atoms with Gasteiger partial charge in [0.1, 0.15) is 0 Å². The van der Waals surface area contributed by atoms with Crippen LogP contribution < -0.4 is 0 Å². The Morgan fingerprint density at radius 1 is 1.16 bits per heavy atom. The summed E-state index contributed by atoms with van der Waals surface area (Å²) in [6, 6.07) is 0.537. The summed E-state index contributed by atoms with van der Waals surface area (Å²) in [6.07, 6.45) is 10.7. The predicted molar refractivity (Wildman–Crippen MR) is 74.0 cm³/mol. The highest BCUT2D eigenvalue weighted by molar-refractivity contribution is 4.86. The Hall–Kier alpha value is -0.970. The Bertz CT molecular complexity index is 347. The largest absolute Gasteiger partial charge is 0.381 e. The molecule has 0 bridgehead atoms. The zero-order chi connectivity index (χ0) is 13.3. The number of unbranched alkanes of at least 4 members (excludes halogenated alkanes) is 1. The normalized spacial score (nSPS) is 16.9. The molecule has 0 saturated heterocycles. The van der Waals surface area contributed by atoms with E-state index in [1.54, 1.807) is 0 Å². The van der Waals surface area contributed by atoms with Gasteiger partial charge in [0.15, 0.2) is 5.82 Å². The number of nitrogens with zero attached hydrogens (tertiary/aromatic N) is 4. The predicted octanol–water partition coefficient (Wildman–Crippen LogP) is 2.93. The summed E-state index contributed by atoms with van der Waals surface area (Å²) in [5.41, 5.74) is 0. The average Bonchev–Trinajstić information content (AvgIpc) is 2.92. The molecule has 1 saturated carbocycles. The third-order valence-corrected chi connectivity index (χ3v) is 3.77. The van der Waals surface area contributed by atoms with Crippen LogP contribution in [0.2, 0.25) is 0 Å². The number of tetrazole rings is 1. The zero-order valence-corrected chi connectivity index (χ0v) is 12.1. The third-order valence-electron chi connectivity index (χ3n) is 3.77. The molecule has 0 unspecified atom stereocenters. The number of hydrogen-bond donors (Lipinski definition) is 0. The molecule has 2 rings (SSSR count). The molecule has 5 nitrogen and oxygen atoms in total. The Morgan fingerprint density at radius 2 is 2.00 bits per heavy atom. The first-order chi connectivity index (χ1) is 9.42. The van der Waals surface area contributed by atoms with Crippen LogP contribution in [-0.4, -0.2) is 33.4 Å². The molecule has 108 valence electrons. The van der Waals surface area contributed by atoms with Gasteiger partial charge in [-0.2, -0.15) is 0 Å². The molecule has 19 heavy (non-hydrogen) atoms. The minimum Gasteiger partial charge on any atom is -0.381 e. The van der Waals surface area contributed by atoms with Crippen molar-refractivity contribution >= 4 is 0 Å². The lowest BCUT2D eigenvalue weighted by Crippen LogP contribution is -2.17. The van der Waals surface area contributed by atoms with E-state index in [1.165, 1.54) is 32.1 Å². The maximum atomic E-state index is 5.49. The van der Waals surface area contributed by atoms with Crippen LogP contribution in [0.4, 0.5) is 0 Å². The highest BCUT2D eigenvalue weighted by atomic mass is 16.5. The quantitative estimate of drug-likeness (QED) is 0.679. The monoisotopic (exact) mass is 266 g/mol. The van der Waals surface area contributed by atoms with Crippen LogP contribution in [0.1, 0.15) is 70.2 Å². The summed E-state index contributed by atoms with van der Waals surface area (Å²) < 4.78 is 7.57. The number of ether oxygens (including phenoxy) is 1. The topological polar surface area (TPSA) is 52.8 Å². The second-order valence-corrected chi connectivity index (χ2v) is 5.40. The third kappa shape index (κ3) is 4.56. The van der Waals surface area contributed by atoms with Gasteiger partial charge in [0, 0.05) is 19.6 Å². The van der Waals surface area contributed by atoms with Crippen LogP contribution in [0.3, 0.4) is 0 Å². The van der Waals surface area contributed by atoms with Gasteiger partial charge in [-0.25, -0.2) is 4.68 Å². The van der Waals surface area contributed by atoms with Crippen molar-refractivity contribution in [2.75, 3.05) is 13.2 Å². The van der Waals surface area contributed by atoms with E-state index in [1.807, 2.05) is 0 Å². The molecule has 1 fully saturated rings. The van der Waals surface area contributed by atoms with Crippen LogP contribution in [-0.2, 0) is 11.2 Å². The van der Waals surface area contributed by atoms with Crippen molar-refractivity contribution in [3.8, 4) is 0 Å². The molecule has 0 N–H and O–H groups in total. The number of aryl methyl sites for hydroxylation is 1. The minimum atomic E-state index is 0.537. The molecular formula is C14H26N4O. The van der Waals surface area contributed by atoms with Gasteiger partial charge >= 0.3 is 0 Å². The molecule has 1 heterocycles. The molecule has 1 aliphatic carbocycles. The average molecular weight is 266 g/mol. The van der Waals surface area contributed by atoms with Gasteiger partial charge < -0.3 is 4.74 Å². The van der Waals surface area contributed by atoms with E-state index >= 15 is 0 Å². The zero-order valence-electron chi connectivity index (χ0n) is 12.1. The lowest BCUT2D eigenvalue weighted by atomic mass is 9.95. The molecule has 0 aliphatic heterocycles. The van der Waals surface area contributed by atoms with Gasteiger partial charge in [-0.15, -0.1) is 5.10 Å². The van der Waals surface area contributed by atoms with Crippen molar-refractivity contribution in [3.05, 3.63) is 5.82 Å². The van der Waals surface area contributed by atoms with Crippen molar-refractivity contribution < 1.29 is 4.74 Å². The van der Waals surface area contributed by atoms with E-state index in [-0.39, 0.29) is 0 Å². The van der Waals surface area contributed by atoms with Gasteiger partial charge in [0.2, 0.25) is 0 Å². The van der Waals surface area contributed by atoms with Crippen molar-refractivity contribution in [1.82, 2.24) is 20.2 Å². The van der Waals surface area contributed by atoms with Gasteiger partial charge in [0.05, 0.1) is 6.04 Å². The Kier molecular flexibility index (Phi) is 6.27.